The number of hydrogen-bond acceptors (Lipinski definition) is 1. The van der Waals surface area contributed by atoms with E-state index in [9.17, 15) is 4.39 Å². The van der Waals surface area contributed by atoms with E-state index in [1.807, 2.05) is 13.8 Å². The van der Waals surface area contributed by atoms with Crippen molar-refractivity contribution in [2.45, 2.75) is 38.6 Å². The smallest absolute Gasteiger partial charge is 0.141 e. The minimum Gasteiger partial charge on any atom is -0.326 e. The van der Waals surface area contributed by atoms with Gasteiger partial charge in [-0.25, -0.2) is 4.39 Å². The van der Waals surface area contributed by atoms with Crippen molar-refractivity contribution in [1.82, 2.24) is 0 Å². The lowest BCUT2D eigenvalue weighted by Gasteiger charge is -2.17. The van der Waals surface area contributed by atoms with E-state index in [2.05, 4.69) is 0 Å². The predicted octanol–water partition coefficient (Wildman–Crippen LogP) is 3.54. The van der Waals surface area contributed by atoms with Crippen LogP contribution in [0.4, 0.5) is 4.39 Å². The van der Waals surface area contributed by atoms with Crippen molar-refractivity contribution in [1.29, 1.82) is 0 Å². The maximum atomic E-state index is 12.9. The lowest BCUT2D eigenvalue weighted by Crippen LogP contribution is -2.31. The van der Waals surface area contributed by atoms with Crippen LogP contribution in [-0.4, -0.2) is 5.54 Å². The van der Waals surface area contributed by atoms with Crippen LogP contribution in [0.1, 0.15) is 32.3 Å². The molecule has 1 aromatic carbocycles. The number of hydrogen-bond donors (Lipinski definition) is 1. The molecular formula is C12H17ClFN. The summed E-state index contributed by atoms with van der Waals surface area (Å²) in [6.07, 6.45) is 2.83. The third kappa shape index (κ3) is 4.63. The summed E-state index contributed by atoms with van der Waals surface area (Å²) in [5, 5.41) is 0.194. The lowest BCUT2D eigenvalue weighted by molar-refractivity contribution is 0.459. The van der Waals surface area contributed by atoms with Gasteiger partial charge < -0.3 is 5.73 Å². The lowest BCUT2D eigenvalue weighted by atomic mass is 9.97. The van der Waals surface area contributed by atoms with Gasteiger partial charge in [0.25, 0.3) is 0 Å². The van der Waals surface area contributed by atoms with Crippen LogP contribution in [0.25, 0.3) is 0 Å². The number of rotatable bonds is 4. The van der Waals surface area contributed by atoms with Gasteiger partial charge in [-0.1, -0.05) is 17.7 Å². The summed E-state index contributed by atoms with van der Waals surface area (Å²) in [4.78, 5) is 0. The highest BCUT2D eigenvalue weighted by atomic mass is 35.5. The van der Waals surface area contributed by atoms with E-state index >= 15 is 0 Å². The fourth-order valence-corrected chi connectivity index (χ4v) is 1.65. The number of nitrogens with two attached hydrogens (primary N) is 1. The van der Waals surface area contributed by atoms with Gasteiger partial charge in [0.2, 0.25) is 0 Å². The van der Waals surface area contributed by atoms with E-state index < -0.39 is 0 Å². The zero-order chi connectivity index (χ0) is 11.5. The van der Waals surface area contributed by atoms with Gasteiger partial charge in [-0.05, 0) is 50.8 Å². The predicted molar refractivity (Wildman–Crippen MR) is 62.6 cm³/mol. The van der Waals surface area contributed by atoms with E-state index in [4.69, 9.17) is 17.3 Å². The Bertz CT molecular complexity index is 331. The fourth-order valence-electron chi connectivity index (χ4n) is 1.44. The second-order valence-corrected chi connectivity index (χ2v) is 5.00. The summed E-state index contributed by atoms with van der Waals surface area (Å²) in [6, 6.07) is 4.86. The highest BCUT2D eigenvalue weighted by Crippen LogP contribution is 2.18. The summed E-state index contributed by atoms with van der Waals surface area (Å²) in [5.74, 6) is -0.362. The Labute approximate surface area is 95.4 Å². The van der Waals surface area contributed by atoms with E-state index in [-0.39, 0.29) is 16.4 Å². The van der Waals surface area contributed by atoms with Crippen LogP contribution >= 0.6 is 11.6 Å². The standard InChI is InChI=1S/C12H17ClFN/c1-12(2,15)7-3-4-9-5-6-11(14)10(13)8-9/h5-6,8H,3-4,7,15H2,1-2H3. The minimum absolute atomic E-state index is 0.135. The van der Waals surface area contributed by atoms with Crippen LogP contribution in [0.15, 0.2) is 18.2 Å². The molecule has 1 aromatic rings. The molecule has 0 saturated heterocycles. The van der Waals surface area contributed by atoms with Gasteiger partial charge in [0.1, 0.15) is 5.82 Å². The molecule has 0 unspecified atom stereocenters. The zero-order valence-corrected chi connectivity index (χ0v) is 9.94. The van der Waals surface area contributed by atoms with Crippen molar-refractivity contribution in [3.05, 3.63) is 34.6 Å². The van der Waals surface area contributed by atoms with E-state index in [0.29, 0.717) is 0 Å². The molecule has 0 atom stereocenters. The maximum Gasteiger partial charge on any atom is 0.141 e. The molecule has 1 rings (SSSR count). The van der Waals surface area contributed by atoms with Crippen molar-refractivity contribution in [3.63, 3.8) is 0 Å². The molecule has 0 amide bonds. The third-order valence-electron chi connectivity index (χ3n) is 2.27. The second kappa shape index (κ2) is 4.95. The Morgan fingerprint density at radius 1 is 1.40 bits per heavy atom. The summed E-state index contributed by atoms with van der Waals surface area (Å²) < 4.78 is 12.9. The second-order valence-electron chi connectivity index (χ2n) is 4.59. The molecule has 0 heterocycles. The first-order valence-electron chi connectivity index (χ1n) is 5.11. The van der Waals surface area contributed by atoms with E-state index in [0.717, 1.165) is 24.8 Å². The van der Waals surface area contributed by atoms with Crippen molar-refractivity contribution >= 4 is 11.6 Å². The topological polar surface area (TPSA) is 26.0 Å². The summed E-state index contributed by atoms with van der Waals surface area (Å²) in [5.41, 5.74) is 6.79. The molecule has 2 N–H and O–H groups in total. The van der Waals surface area contributed by atoms with Crippen LogP contribution in [0.3, 0.4) is 0 Å². The molecule has 0 aromatic heterocycles. The first kappa shape index (κ1) is 12.5. The monoisotopic (exact) mass is 229 g/mol. The molecule has 0 radical (unpaired) electrons. The number of aryl methyl sites for hydroxylation is 1. The summed E-state index contributed by atoms with van der Waals surface area (Å²) >= 11 is 5.68. The first-order chi connectivity index (χ1) is 6.88. The van der Waals surface area contributed by atoms with Crippen molar-refractivity contribution < 1.29 is 4.39 Å². The maximum absolute atomic E-state index is 12.9. The van der Waals surface area contributed by atoms with Crippen LogP contribution in [0.2, 0.25) is 5.02 Å². The molecule has 15 heavy (non-hydrogen) atoms. The molecule has 3 heteroatoms. The highest BCUT2D eigenvalue weighted by Gasteiger charge is 2.09. The Kier molecular flexibility index (Phi) is 4.12. The van der Waals surface area contributed by atoms with Crippen LogP contribution in [-0.2, 0) is 6.42 Å². The summed E-state index contributed by atoms with van der Waals surface area (Å²) in [6.45, 7) is 4.01. The van der Waals surface area contributed by atoms with Gasteiger partial charge in [-0.15, -0.1) is 0 Å². The molecule has 0 saturated carbocycles. The Hall–Kier alpha value is -0.600. The zero-order valence-electron chi connectivity index (χ0n) is 9.19. The molecule has 1 nitrogen and oxygen atoms in total. The molecule has 84 valence electrons. The first-order valence-corrected chi connectivity index (χ1v) is 5.49. The van der Waals surface area contributed by atoms with Crippen molar-refractivity contribution in [2.75, 3.05) is 0 Å². The molecule has 0 spiro atoms. The van der Waals surface area contributed by atoms with Crippen molar-refractivity contribution in [3.8, 4) is 0 Å². The van der Waals surface area contributed by atoms with Crippen LogP contribution < -0.4 is 5.73 Å². The van der Waals surface area contributed by atoms with E-state index in [1.165, 1.54) is 6.07 Å². The molecule has 0 bridgehead atoms. The molecule has 0 aliphatic heterocycles. The third-order valence-corrected chi connectivity index (χ3v) is 2.56. The number of halogens is 2. The fraction of sp³-hybridized carbons (Fsp3) is 0.500. The van der Waals surface area contributed by atoms with E-state index in [1.54, 1.807) is 12.1 Å². The Morgan fingerprint density at radius 2 is 2.07 bits per heavy atom. The number of benzene rings is 1. The average Bonchev–Trinajstić information content (AvgIpc) is 2.09. The quantitative estimate of drug-likeness (QED) is 0.840. The van der Waals surface area contributed by atoms with Crippen LogP contribution in [0.5, 0.6) is 0 Å². The molecule has 0 aliphatic rings. The Balaban J connectivity index is 2.48. The molecule has 0 fully saturated rings. The summed E-state index contributed by atoms with van der Waals surface area (Å²) in [7, 11) is 0. The Morgan fingerprint density at radius 3 is 2.60 bits per heavy atom. The van der Waals surface area contributed by atoms with Crippen LogP contribution in [0, 0.1) is 5.82 Å². The SMILES string of the molecule is CC(C)(N)CCCc1ccc(F)c(Cl)c1. The van der Waals surface area contributed by atoms with Gasteiger partial charge in [-0.3, -0.25) is 0 Å². The van der Waals surface area contributed by atoms with Gasteiger partial charge >= 0.3 is 0 Å². The molecule has 0 aliphatic carbocycles. The van der Waals surface area contributed by atoms with Gasteiger partial charge in [0.05, 0.1) is 5.02 Å². The highest BCUT2D eigenvalue weighted by molar-refractivity contribution is 6.30. The normalized spacial score (nSPS) is 11.8. The average molecular weight is 230 g/mol. The van der Waals surface area contributed by atoms with Gasteiger partial charge in [-0.2, -0.15) is 0 Å². The molecular weight excluding hydrogens is 213 g/mol. The van der Waals surface area contributed by atoms with Gasteiger partial charge in [0.15, 0.2) is 0 Å². The minimum atomic E-state index is -0.362. The van der Waals surface area contributed by atoms with Crippen molar-refractivity contribution in [2.24, 2.45) is 5.73 Å². The largest absolute Gasteiger partial charge is 0.326 e. The van der Waals surface area contributed by atoms with Gasteiger partial charge in [0, 0.05) is 5.54 Å².